The van der Waals surface area contributed by atoms with E-state index in [1.807, 2.05) is 19.1 Å². The maximum atomic E-state index is 12.5. The highest BCUT2D eigenvalue weighted by Gasteiger charge is 2.13. The maximum absolute atomic E-state index is 12.5. The third kappa shape index (κ3) is 7.47. The van der Waals surface area contributed by atoms with Crippen molar-refractivity contribution in [3.63, 3.8) is 0 Å². The van der Waals surface area contributed by atoms with E-state index in [-0.39, 0.29) is 0 Å². The molecule has 0 aromatic heterocycles. The van der Waals surface area contributed by atoms with Gasteiger partial charge in [0.05, 0.1) is 25.5 Å². The van der Waals surface area contributed by atoms with E-state index in [4.69, 9.17) is 38.0 Å². The molecule has 0 heterocycles. The lowest BCUT2D eigenvalue weighted by atomic mass is 10.2. The minimum atomic E-state index is -0.499. The first-order chi connectivity index (χ1) is 16.5. The molecule has 0 aliphatic carbocycles. The normalized spacial score (nSPS) is 10.6. The van der Waals surface area contributed by atoms with Crippen molar-refractivity contribution in [2.45, 2.75) is 13.3 Å². The number of thiocarbonyl (C=S) groups is 1. The van der Waals surface area contributed by atoms with Crippen LogP contribution in [-0.4, -0.2) is 31.0 Å². The highest BCUT2D eigenvalue weighted by molar-refractivity contribution is 7.80. The van der Waals surface area contributed by atoms with Gasteiger partial charge in [-0.25, -0.2) is 4.79 Å². The molecule has 0 unspecified atom stereocenters. The summed E-state index contributed by atoms with van der Waals surface area (Å²) < 4.78 is 16.4. The van der Waals surface area contributed by atoms with E-state index in [2.05, 4.69) is 15.8 Å². The Morgan fingerprint density at radius 2 is 1.88 bits per heavy atom. The topological polar surface area (TPSA) is 81.2 Å². The molecule has 0 spiro atoms. The van der Waals surface area contributed by atoms with Crippen LogP contribution in [0.2, 0.25) is 5.02 Å². The fourth-order valence-electron chi connectivity index (χ4n) is 2.81. The van der Waals surface area contributed by atoms with Crippen molar-refractivity contribution in [1.82, 2.24) is 5.43 Å². The number of ether oxygens (including phenoxy) is 3. The van der Waals surface area contributed by atoms with Crippen LogP contribution in [0.25, 0.3) is 0 Å². The predicted molar refractivity (Wildman–Crippen MR) is 139 cm³/mol. The molecule has 2 N–H and O–H groups in total. The molecule has 0 bridgehead atoms. The molecule has 0 radical (unpaired) electrons. The molecule has 0 aliphatic heterocycles. The van der Waals surface area contributed by atoms with Crippen molar-refractivity contribution in [2.24, 2.45) is 5.10 Å². The summed E-state index contributed by atoms with van der Waals surface area (Å²) >= 11 is 11.2. The quantitative estimate of drug-likeness (QED) is 0.129. The lowest BCUT2D eigenvalue weighted by Gasteiger charge is -2.10. The van der Waals surface area contributed by atoms with Gasteiger partial charge in [-0.2, -0.15) is 5.10 Å². The number of hydrazone groups is 1. The van der Waals surface area contributed by atoms with Gasteiger partial charge in [0.25, 0.3) is 0 Å². The zero-order valence-corrected chi connectivity index (χ0v) is 20.3. The van der Waals surface area contributed by atoms with Gasteiger partial charge in [-0.3, -0.25) is 5.43 Å². The monoisotopic (exact) mass is 497 g/mol. The van der Waals surface area contributed by atoms with Gasteiger partial charge in [-0.1, -0.05) is 24.6 Å². The molecule has 0 aliphatic rings. The third-order valence-electron chi connectivity index (χ3n) is 4.42. The van der Waals surface area contributed by atoms with Crippen LogP contribution < -0.4 is 25.0 Å². The fraction of sp³-hybridized carbons (Fsp3) is 0.160. The Morgan fingerprint density at radius 3 is 2.59 bits per heavy atom. The molecule has 3 rings (SSSR count). The summed E-state index contributed by atoms with van der Waals surface area (Å²) in [5.74, 6) is 0.887. The second-order valence-electron chi connectivity index (χ2n) is 7.01. The minimum absolute atomic E-state index is 0.294. The summed E-state index contributed by atoms with van der Waals surface area (Å²) in [4.78, 5) is 12.5. The molecule has 0 amide bonds. The first-order valence-electron chi connectivity index (χ1n) is 10.5. The van der Waals surface area contributed by atoms with Crippen molar-refractivity contribution < 1.29 is 19.0 Å². The largest absolute Gasteiger partial charge is 0.494 e. The smallest absolute Gasteiger partial charge is 0.343 e. The lowest BCUT2D eigenvalue weighted by Crippen LogP contribution is -2.23. The van der Waals surface area contributed by atoms with Gasteiger partial charge in [0, 0.05) is 10.7 Å². The Labute approximate surface area is 208 Å². The van der Waals surface area contributed by atoms with Gasteiger partial charge in [0.2, 0.25) is 0 Å². The van der Waals surface area contributed by atoms with Crippen LogP contribution in [0.5, 0.6) is 17.2 Å². The number of nitrogens with zero attached hydrogens (tertiary/aromatic N) is 1. The average molecular weight is 498 g/mol. The second kappa shape index (κ2) is 12.6. The predicted octanol–water partition coefficient (Wildman–Crippen LogP) is 5.68. The van der Waals surface area contributed by atoms with Gasteiger partial charge >= 0.3 is 5.97 Å². The van der Waals surface area contributed by atoms with E-state index >= 15 is 0 Å². The Kier molecular flexibility index (Phi) is 9.25. The minimum Gasteiger partial charge on any atom is -0.494 e. The first kappa shape index (κ1) is 25.0. The van der Waals surface area contributed by atoms with Crippen LogP contribution in [0.1, 0.15) is 29.3 Å². The number of benzene rings is 3. The van der Waals surface area contributed by atoms with Crippen LogP contribution in [0.15, 0.2) is 71.8 Å². The van der Waals surface area contributed by atoms with Crippen LogP contribution in [-0.2, 0) is 0 Å². The van der Waals surface area contributed by atoms with E-state index in [9.17, 15) is 4.79 Å². The summed E-state index contributed by atoms with van der Waals surface area (Å²) in [6.07, 6.45) is 2.47. The molecular formula is C25H24ClN3O4S. The Morgan fingerprint density at radius 1 is 1.09 bits per heavy atom. The number of hydrogen-bond donors (Lipinski definition) is 2. The van der Waals surface area contributed by atoms with Crippen molar-refractivity contribution in [3.8, 4) is 17.2 Å². The molecule has 0 saturated carbocycles. The molecule has 3 aromatic carbocycles. The fourth-order valence-corrected chi connectivity index (χ4v) is 3.17. The molecule has 7 nitrogen and oxygen atoms in total. The van der Waals surface area contributed by atoms with Crippen LogP contribution in [0, 0.1) is 0 Å². The van der Waals surface area contributed by atoms with E-state index < -0.39 is 5.97 Å². The summed E-state index contributed by atoms with van der Waals surface area (Å²) in [7, 11) is 1.50. The molecule has 9 heteroatoms. The Bertz CT molecular complexity index is 1170. The zero-order valence-electron chi connectivity index (χ0n) is 18.7. The lowest BCUT2D eigenvalue weighted by molar-refractivity contribution is 0.0729. The Hall–Kier alpha value is -3.62. The van der Waals surface area contributed by atoms with Crippen LogP contribution >= 0.6 is 23.8 Å². The van der Waals surface area contributed by atoms with Crippen LogP contribution in [0.4, 0.5) is 5.69 Å². The summed E-state index contributed by atoms with van der Waals surface area (Å²) in [5.41, 5.74) is 4.60. The Balaban J connectivity index is 1.59. The number of nitrogens with one attached hydrogen (secondary N) is 2. The number of methoxy groups -OCH3 is 1. The van der Waals surface area contributed by atoms with Gasteiger partial charge in [-0.15, -0.1) is 0 Å². The second-order valence-corrected chi connectivity index (χ2v) is 7.85. The molecular weight excluding hydrogens is 474 g/mol. The zero-order chi connectivity index (χ0) is 24.3. The number of esters is 1. The molecule has 0 fully saturated rings. The summed E-state index contributed by atoms with van der Waals surface area (Å²) in [6, 6.07) is 19.0. The van der Waals surface area contributed by atoms with Crippen LogP contribution in [0.3, 0.4) is 0 Å². The highest BCUT2D eigenvalue weighted by atomic mass is 35.5. The van der Waals surface area contributed by atoms with Gasteiger partial charge in [0.15, 0.2) is 16.6 Å². The SMILES string of the molecule is CCCOc1ccc(C(=O)Oc2ccc(/C=N/NC(=S)Nc3cccc(Cl)c3)cc2OC)cc1. The standard InChI is InChI=1S/C25H24ClN3O4S/c1-3-13-32-21-10-8-18(9-11-21)24(30)33-22-12-7-17(14-23(22)31-2)16-27-29-25(34)28-20-6-4-5-19(26)15-20/h4-12,14-16H,3,13H2,1-2H3,(H2,28,29,34)/b27-16+. The van der Waals surface area contributed by atoms with Crippen molar-refractivity contribution in [3.05, 3.63) is 82.9 Å². The molecule has 3 aromatic rings. The molecule has 0 atom stereocenters. The van der Waals surface area contributed by atoms with Gasteiger partial charge in [-0.05, 0) is 84.9 Å². The molecule has 0 saturated heterocycles. The van der Waals surface area contributed by atoms with Crippen molar-refractivity contribution in [1.29, 1.82) is 0 Å². The number of rotatable bonds is 9. The molecule has 34 heavy (non-hydrogen) atoms. The average Bonchev–Trinajstić information content (AvgIpc) is 2.83. The van der Waals surface area contributed by atoms with Crippen molar-refractivity contribution >= 4 is 46.8 Å². The number of carbonyl (C=O) groups is 1. The number of carbonyl (C=O) groups excluding carboxylic acids is 1. The number of hydrogen-bond acceptors (Lipinski definition) is 6. The van der Waals surface area contributed by atoms with Gasteiger partial charge in [0.1, 0.15) is 5.75 Å². The summed E-state index contributed by atoms with van der Waals surface area (Å²) in [6.45, 7) is 2.65. The van der Waals surface area contributed by atoms with E-state index in [1.54, 1.807) is 60.8 Å². The summed E-state index contributed by atoms with van der Waals surface area (Å²) in [5, 5.41) is 8.01. The van der Waals surface area contributed by atoms with E-state index in [0.29, 0.717) is 45.1 Å². The van der Waals surface area contributed by atoms with E-state index in [1.165, 1.54) is 7.11 Å². The molecule has 176 valence electrons. The number of halogens is 1. The highest BCUT2D eigenvalue weighted by Crippen LogP contribution is 2.28. The number of anilines is 1. The maximum Gasteiger partial charge on any atom is 0.343 e. The van der Waals surface area contributed by atoms with E-state index in [0.717, 1.165) is 12.1 Å². The van der Waals surface area contributed by atoms with Crippen molar-refractivity contribution in [2.75, 3.05) is 19.0 Å². The van der Waals surface area contributed by atoms with Gasteiger partial charge < -0.3 is 19.5 Å². The third-order valence-corrected chi connectivity index (χ3v) is 4.84. The first-order valence-corrected chi connectivity index (χ1v) is 11.3.